The topological polar surface area (TPSA) is 80.3 Å². The highest BCUT2D eigenvalue weighted by Crippen LogP contribution is 2.32. The van der Waals surface area contributed by atoms with Gasteiger partial charge in [-0.05, 0) is 31.2 Å². The number of aliphatic hydroxyl groups excluding tert-OH is 1. The Morgan fingerprint density at radius 3 is 2.70 bits per heavy atom. The summed E-state index contributed by atoms with van der Waals surface area (Å²) in [5, 5.41) is 13.9. The van der Waals surface area contributed by atoms with Gasteiger partial charge in [0.15, 0.2) is 0 Å². The van der Waals surface area contributed by atoms with Crippen LogP contribution in [0.25, 0.3) is 16.6 Å². The van der Waals surface area contributed by atoms with E-state index in [9.17, 15) is 9.90 Å². The van der Waals surface area contributed by atoms with E-state index in [-0.39, 0.29) is 0 Å². The maximum atomic E-state index is 10.9. The Morgan fingerprint density at radius 1 is 1.30 bits per heavy atom. The predicted octanol–water partition coefficient (Wildman–Crippen LogP) is 3.83. The van der Waals surface area contributed by atoms with Gasteiger partial charge in [-0.15, -0.1) is 0 Å². The van der Waals surface area contributed by atoms with Gasteiger partial charge in [-0.3, -0.25) is 0 Å². The van der Waals surface area contributed by atoms with Crippen molar-refractivity contribution in [1.82, 2.24) is 4.57 Å². The second kappa shape index (κ2) is 5.95. The summed E-state index contributed by atoms with van der Waals surface area (Å²) in [6, 6.07) is 12.3. The molecular formula is C17H16ClN3O2. The molecule has 0 radical (unpaired) electrons. The number of primary amides is 1. The minimum atomic E-state index is -0.642. The van der Waals surface area contributed by atoms with Gasteiger partial charge in [0, 0.05) is 22.8 Å². The number of hydrogen-bond donors (Lipinski definition) is 3. The predicted molar refractivity (Wildman–Crippen MR) is 92.1 cm³/mol. The van der Waals surface area contributed by atoms with Gasteiger partial charge < -0.3 is 20.7 Å². The number of urea groups is 1. The van der Waals surface area contributed by atoms with Crippen LogP contribution >= 0.6 is 11.6 Å². The Hall–Kier alpha value is -2.50. The van der Waals surface area contributed by atoms with E-state index < -0.39 is 12.1 Å². The standard InChI is InChI=1S/C17H16ClN3O2/c1-10(22)13-9-21(15-5-3-2-4-12(13)15)16-7-6-11(8-14(16)18)20-17(19)23/h2-10,22H,1H3,(H3,19,20,23). The van der Waals surface area contributed by atoms with Gasteiger partial charge in [0.05, 0.1) is 22.3 Å². The van der Waals surface area contributed by atoms with E-state index in [4.69, 9.17) is 17.3 Å². The smallest absolute Gasteiger partial charge is 0.316 e. The number of carbonyl (C=O) groups is 1. The molecule has 0 saturated carbocycles. The zero-order valence-electron chi connectivity index (χ0n) is 12.5. The lowest BCUT2D eigenvalue weighted by molar-refractivity contribution is 0.201. The van der Waals surface area contributed by atoms with E-state index >= 15 is 0 Å². The molecule has 2 aromatic carbocycles. The number of carbonyl (C=O) groups excluding carboxylic acids is 1. The average molecular weight is 330 g/mol. The zero-order valence-corrected chi connectivity index (χ0v) is 13.2. The van der Waals surface area contributed by atoms with Crippen molar-refractivity contribution < 1.29 is 9.90 Å². The summed E-state index contributed by atoms with van der Waals surface area (Å²) >= 11 is 6.36. The second-order valence-corrected chi connectivity index (χ2v) is 5.71. The number of nitrogens with zero attached hydrogens (tertiary/aromatic N) is 1. The zero-order chi connectivity index (χ0) is 16.6. The minimum absolute atomic E-state index is 0.467. The number of rotatable bonds is 3. The SMILES string of the molecule is CC(O)c1cn(-c2ccc(NC(N)=O)cc2Cl)c2ccccc12. The Balaban J connectivity index is 2.15. The average Bonchev–Trinajstić information content (AvgIpc) is 2.86. The fraction of sp³-hybridized carbons (Fsp3) is 0.118. The molecule has 1 unspecified atom stereocenters. The molecule has 0 spiro atoms. The largest absolute Gasteiger partial charge is 0.389 e. The molecule has 1 atom stereocenters. The molecule has 6 heteroatoms. The summed E-state index contributed by atoms with van der Waals surface area (Å²) in [4.78, 5) is 10.9. The van der Waals surface area contributed by atoms with Gasteiger partial charge >= 0.3 is 6.03 Å². The van der Waals surface area contributed by atoms with Gasteiger partial charge in [0.1, 0.15) is 0 Å². The molecule has 2 amide bonds. The van der Waals surface area contributed by atoms with Crippen LogP contribution < -0.4 is 11.1 Å². The maximum Gasteiger partial charge on any atom is 0.316 e. The van der Waals surface area contributed by atoms with Crippen molar-refractivity contribution in [2.45, 2.75) is 13.0 Å². The molecule has 0 aliphatic heterocycles. The van der Waals surface area contributed by atoms with Crippen molar-refractivity contribution in [2.24, 2.45) is 5.73 Å². The van der Waals surface area contributed by atoms with Crippen LogP contribution in [0.3, 0.4) is 0 Å². The number of halogens is 1. The van der Waals surface area contributed by atoms with Gasteiger partial charge in [0.2, 0.25) is 0 Å². The first kappa shape index (κ1) is 15.4. The van der Waals surface area contributed by atoms with Crippen molar-refractivity contribution in [3.8, 4) is 5.69 Å². The highest BCUT2D eigenvalue weighted by molar-refractivity contribution is 6.32. The third-order valence-corrected chi connectivity index (χ3v) is 3.97. The third kappa shape index (κ3) is 2.88. The van der Waals surface area contributed by atoms with Crippen LogP contribution in [-0.4, -0.2) is 15.7 Å². The number of amides is 2. The Labute approximate surface area is 138 Å². The van der Waals surface area contributed by atoms with Crippen LogP contribution in [0, 0.1) is 0 Å². The molecule has 5 nitrogen and oxygen atoms in total. The number of benzene rings is 2. The van der Waals surface area contributed by atoms with Gasteiger partial charge in [-0.1, -0.05) is 29.8 Å². The number of hydrogen-bond acceptors (Lipinski definition) is 2. The molecule has 0 aliphatic carbocycles. The number of nitrogens with one attached hydrogen (secondary N) is 1. The van der Waals surface area contributed by atoms with Crippen LogP contribution in [0.2, 0.25) is 5.02 Å². The highest BCUT2D eigenvalue weighted by atomic mass is 35.5. The number of fused-ring (bicyclic) bond motifs is 1. The second-order valence-electron chi connectivity index (χ2n) is 5.30. The van der Waals surface area contributed by atoms with Gasteiger partial charge in [-0.25, -0.2) is 4.79 Å². The summed E-state index contributed by atoms with van der Waals surface area (Å²) in [6.45, 7) is 1.73. The van der Waals surface area contributed by atoms with E-state index in [1.165, 1.54) is 0 Å². The van der Waals surface area contributed by atoms with Crippen molar-refractivity contribution >= 4 is 34.2 Å². The monoisotopic (exact) mass is 329 g/mol. The first-order valence-corrected chi connectivity index (χ1v) is 7.49. The third-order valence-electron chi connectivity index (χ3n) is 3.67. The van der Waals surface area contributed by atoms with E-state index in [1.54, 1.807) is 25.1 Å². The first-order valence-electron chi connectivity index (χ1n) is 7.12. The molecular weight excluding hydrogens is 314 g/mol. The number of aromatic nitrogens is 1. The fourth-order valence-corrected chi connectivity index (χ4v) is 2.93. The molecule has 0 aliphatic rings. The molecule has 0 fully saturated rings. The molecule has 23 heavy (non-hydrogen) atoms. The summed E-state index contributed by atoms with van der Waals surface area (Å²) in [7, 11) is 0. The van der Waals surface area contributed by atoms with Crippen LogP contribution in [0.15, 0.2) is 48.7 Å². The van der Waals surface area contributed by atoms with Crippen LogP contribution in [0.5, 0.6) is 0 Å². The lowest BCUT2D eigenvalue weighted by atomic mass is 10.1. The molecule has 1 heterocycles. The Kier molecular flexibility index (Phi) is 3.98. The molecule has 0 bridgehead atoms. The quantitative estimate of drug-likeness (QED) is 0.682. The lowest BCUT2D eigenvalue weighted by Crippen LogP contribution is -2.19. The number of anilines is 1. The molecule has 3 rings (SSSR count). The highest BCUT2D eigenvalue weighted by Gasteiger charge is 2.14. The number of aliphatic hydroxyl groups is 1. The normalized spacial score (nSPS) is 12.3. The molecule has 0 saturated heterocycles. The molecule has 1 aromatic heterocycles. The lowest BCUT2D eigenvalue weighted by Gasteiger charge is -2.10. The molecule has 4 N–H and O–H groups in total. The first-order chi connectivity index (χ1) is 11.0. The minimum Gasteiger partial charge on any atom is -0.389 e. The Bertz CT molecular complexity index is 887. The van der Waals surface area contributed by atoms with Gasteiger partial charge in [0.25, 0.3) is 0 Å². The van der Waals surface area contributed by atoms with E-state index in [0.717, 1.165) is 22.2 Å². The van der Waals surface area contributed by atoms with E-state index in [2.05, 4.69) is 5.32 Å². The van der Waals surface area contributed by atoms with Crippen LogP contribution in [0.4, 0.5) is 10.5 Å². The van der Waals surface area contributed by atoms with E-state index in [0.29, 0.717) is 10.7 Å². The van der Waals surface area contributed by atoms with Crippen molar-refractivity contribution in [3.63, 3.8) is 0 Å². The fourth-order valence-electron chi connectivity index (χ4n) is 2.66. The maximum absolute atomic E-state index is 10.9. The summed E-state index contributed by atoms with van der Waals surface area (Å²) in [5.74, 6) is 0. The van der Waals surface area contributed by atoms with Crippen molar-refractivity contribution in [2.75, 3.05) is 5.32 Å². The molecule has 3 aromatic rings. The number of nitrogens with two attached hydrogens (primary N) is 1. The summed E-state index contributed by atoms with van der Waals surface area (Å²) in [5.41, 5.74) is 8.16. The van der Waals surface area contributed by atoms with Gasteiger partial charge in [-0.2, -0.15) is 0 Å². The summed E-state index contributed by atoms with van der Waals surface area (Å²) < 4.78 is 1.92. The van der Waals surface area contributed by atoms with Crippen LogP contribution in [0.1, 0.15) is 18.6 Å². The summed E-state index contributed by atoms with van der Waals surface area (Å²) in [6.07, 6.45) is 1.29. The van der Waals surface area contributed by atoms with Crippen LogP contribution in [-0.2, 0) is 0 Å². The Morgan fingerprint density at radius 2 is 2.04 bits per heavy atom. The van der Waals surface area contributed by atoms with Crippen molar-refractivity contribution in [3.05, 3.63) is 59.2 Å². The molecule has 118 valence electrons. The number of para-hydroxylation sites is 1. The van der Waals surface area contributed by atoms with E-state index in [1.807, 2.05) is 35.0 Å². The van der Waals surface area contributed by atoms with Crippen molar-refractivity contribution in [1.29, 1.82) is 0 Å².